The summed E-state index contributed by atoms with van der Waals surface area (Å²) in [6, 6.07) is 2.82. The van der Waals surface area contributed by atoms with E-state index in [2.05, 4.69) is 0 Å². The number of ether oxygens (including phenoxy) is 3. The molecule has 1 saturated heterocycles. The second kappa shape index (κ2) is 8.59. The zero-order valence-corrected chi connectivity index (χ0v) is 15.6. The Kier molecular flexibility index (Phi) is 6.90. The fourth-order valence-corrected chi connectivity index (χ4v) is 2.79. The standard InChI is InChI=1S/C18H28O9/c1-18(2,24)5-4-9-6-10(20)12(25-3)7-11(9)26-17-16(23)15(22)14(21)13(8-19)27-17/h6-7,13-17,19-24H,4-5,8H2,1-3H3/t13-,14-,15+,16-,17-/m1/s1. The Hall–Kier alpha value is -1.62. The van der Waals surface area contributed by atoms with Crippen molar-refractivity contribution in [3.63, 3.8) is 0 Å². The molecule has 0 aromatic heterocycles. The number of aromatic hydroxyl groups is 1. The van der Waals surface area contributed by atoms with Gasteiger partial charge in [-0.15, -0.1) is 0 Å². The van der Waals surface area contributed by atoms with Gasteiger partial charge in [0.2, 0.25) is 6.29 Å². The molecule has 0 bridgehead atoms. The highest BCUT2D eigenvalue weighted by molar-refractivity contribution is 5.50. The van der Waals surface area contributed by atoms with Crippen LogP contribution in [0.4, 0.5) is 0 Å². The molecule has 1 aliphatic rings. The van der Waals surface area contributed by atoms with Crippen LogP contribution in [0.2, 0.25) is 0 Å². The van der Waals surface area contributed by atoms with Gasteiger partial charge in [-0.2, -0.15) is 0 Å². The molecule has 0 radical (unpaired) electrons. The van der Waals surface area contributed by atoms with Crippen molar-refractivity contribution in [3.8, 4) is 17.2 Å². The molecule has 1 aromatic carbocycles. The molecule has 1 aromatic rings. The Morgan fingerprint density at radius 3 is 2.30 bits per heavy atom. The predicted molar refractivity (Wildman–Crippen MR) is 93.7 cm³/mol. The van der Waals surface area contributed by atoms with Crippen LogP contribution in [0.3, 0.4) is 0 Å². The summed E-state index contributed by atoms with van der Waals surface area (Å²) in [7, 11) is 1.36. The molecule has 1 heterocycles. The fraction of sp³-hybridized carbons (Fsp3) is 0.667. The van der Waals surface area contributed by atoms with Crippen LogP contribution in [0.15, 0.2) is 12.1 Å². The molecule has 9 nitrogen and oxygen atoms in total. The van der Waals surface area contributed by atoms with Gasteiger partial charge in [0.25, 0.3) is 0 Å². The van der Waals surface area contributed by atoms with Crippen molar-refractivity contribution in [2.75, 3.05) is 13.7 Å². The van der Waals surface area contributed by atoms with E-state index < -0.39 is 42.9 Å². The van der Waals surface area contributed by atoms with E-state index in [1.54, 1.807) is 13.8 Å². The number of aliphatic hydroxyl groups excluding tert-OH is 4. The van der Waals surface area contributed by atoms with Crippen LogP contribution in [-0.2, 0) is 11.2 Å². The number of aliphatic hydroxyl groups is 5. The normalized spacial score (nSPS) is 28.8. The number of hydrogen-bond acceptors (Lipinski definition) is 9. The first-order valence-electron chi connectivity index (χ1n) is 8.67. The second-order valence-corrected chi connectivity index (χ2v) is 7.26. The Balaban J connectivity index is 2.29. The highest BCUT2D eigenvalue weighted by Gasteiger charge is 2.45. The highest BCUT2D eigenvalue weighted by atomic mass is 16.7. The van der Waals surface area contributed by atoms with Gasteiger partial charge in [0, 0.05) is 6.07 Å². The molecule has 1 fully saturated rings. The second-order valence-electron chi connectivity index (χ2n) is 7.26. The lowest BCUT2D eigenvalue weighted by Crippen LogP contribution is -2.60. The average molecular weight is 388 g/mol. The lowest BCUT2D eigenvalue weighted by molar-refractivity contribution is -0.277. The van der Waals surface area contributed by atoms with Crippen LogP contribution in [0.5, 0.6) is 17.2 Å². The summed E-state index contributed by atoms with van der Waals surface area (Å²) in [6.45, 7) is 2.72. The topological polar surface area (TPSA) is 149 Å². The van der Waals surface area contributed by atoms with E-state index in [-0.39, 0.29) is 17.2 Å². The first-order chi connectivity index (χ1) is 12.6. The lowest BCUT2D eigenvalue weighted by Gasteiger charge is -2.39. The van der Waals surface area contributed by atoms with Gasteiger partial charge >= 0.3 is 0 Å². The Bertz CT molecular complexity index is 626. The largest absolute Gasteiger partial charge is 0.504 e. The van der Waals surface area contributed by atoms with Gasteiger partial charge in [0.1, 0.15) is 30.2 Å². The Labute approximate surface area is 157 Å². The lowest BCUT2D eigenvalue weighted by atomic mass is 9.97. The number of phenolic OH excluding ortho intramolecular Hbond substituents is 1. The Morgan fingerprint density at radius 1 is 1.07 bits per heavy atom. The number of benzene rings is 1. The number of rotatable bonds is 7. The molecule has 0 aliphatic carbocycles. The van der Waals surface area contributed by atoms with Gasteiger partial charge in [0.15, 0.2) is 11.5 Å². The molecular formula is C18H28O9. The van der Waals surface area contributed by atoms with Gasteiger partial charge in [-0.05, 0) is 38.3 Å². The Morgan fingerprint density at radius 2 is 1.74 bits per heavy atom. The van der Waals surface area contributed by atoms with Crippen molar-refractivity contribution in [2.45, 2.75) is 63.0 Å². The van der Waals surface area contributed by atoms with Crippen LogP contribution in [0.25, 0.3) is 0 Å². The monoisotopic (exact) mass is 388 g/mol. The summed E-state index contributed by atoms with van der Waals surface area (Å²) < 4.78 is 16.1. The van der Waals surface area contributed by atoms with E-state index >= 15 is 0 Å². The molecular weight excluding hydrogens is 360 g/mol. The molecule has 1 aliphatic heterocycles. The van der Waals surface area contributed by atoms with Crippen LogP contribution >= 0.6 is 0 Å². The van der Waals surface area contributed by atoms with Crippen LogP contribution in [0.1, 0.15) is 25.8 Å². The van der Waals surface area contributed by atoms with E-state index in [0.717, 1.165) is 0 Å². The quantitative estimate of drug-likeness (QED) is 0.356. The maximum absolute atomic E-state index is 10.2. The van der Waals surface area contributed by atoms with Crippen molar-refractivity contribution in [3.05, 3.63) is 17.7 Å². The number of methoxy groups -OCH3 is 1. The molecule has 0 spiro atoms. The molecule has 9 heteroatoms. The fourth-order valence-electron chi connectivity index (χ4n) is 2.79. The zero-order valence-electron chi connectivity index (χ0n) is 15.6. The number of hydrogen-bond donors (Lipinski definition) is 6. The molecule has 0 saturated carbocycles. The smallest absolute Gasteiger partial charge is 0.229 e. The SMILES string of the molecule is COc1cc(O[C@@H]2O[C@H](CO)[C@@H](O)[C@H](O)[C@H]2O)c(CCC(C)(C)O)cc1O. The van der Waals surface area contributed by atoms with E-state index in [1.165, 1.54) is 19.2 Å². The van der Waals surface area contributed by atoms with Crippen molar-refractivity contribution in [2.24, 2.45) is 0 Å². The summed E-state index contributed by atoms with van der Waals surface area (Å²) in [6.07, 6.45) is -6.39. The minimum atomic E-state index is -1.57. The van der Waals surface area contributed by atoms with Gasteiger partial charge in [0.05, 0.1) is 19.3 Å². The van der Waals surface area contributed by atoms with Crippen LogP contribution in [-0.4, -0.2) is 80.7 Å². The molecule has 27 heavy (non-hydrogen) atoms. The summed E-state index contributed by atoms with van der Waals surface area (Å²) in [4.78, 5) is 0. The molecule has 5 atom stereocenters. The summed E-state index contributed by atoms with van der Waals surface area (Å²) in [5, 5.41) is 59.2. The first kappa shape index (κ1) is 21.7. The maximum Gasteiger partial charge on any atom is 0.229 e. The molecule has 0 amide bonds. The third-order valence-electron chi connectivity index (χ3n) is 4.46. The summed E-state index contributed by atoms with van der Waals surface area (Å²) >= 11 is 0. The molecule has 154 valence electrons. The minimum absolute atomic E-state index is 0.121. The maximum atomic E-state index is 10.2. The van der Waals surface area contributed by atoms with E-state index in [1.807, 2.05) is 0 Å². The molecule has 0 unspecified atom stereocenters. The zero-order chi connectivity index (χ0) is 20.4. The summed E-state index contributed by atoms with van der Waals surface area (Å²) in [5.41, 5.74) is -0.428. The number of phenols is 1. The van der Waals surface area contributed by atoms with E-state index in [9.17, 15) is 30.6 Å². The van der Waals surface area contributed by atoms with Crippen LogP contribution < -0.4 is 9.47 Å². The predicted octanol–water partition coefficient (Wildman–Crippen LogP) is -0.717. The molecule has 2 rings (SSSR count). The highest BCUT2D eigenvalue weighted by Crippen LogP contribution is 2.36. The summed E-state index contributed by atoms with van der Waals surface area (Å²) in [5.74, 6) is 0.212. The van der Waals surface area contributed by atoms with Crippen molar-refractivity contribution < 1.29 is 44.8 Å². The number of aryl methyl sites for hydroxylation is 1. The minimum Gasteiger partial charge on any atom is -0.504 e. The van der Waals surface area contributed by atoms with Crippen molar-refractivity contribution in [1.29, 1.82) is 0 Å². The van der Waals surface area contributed by atoms with E-state index in [4.69, 9.17) is 14.2 Å². The average Bonchev–Trinajstić information content (AvgIpc) is 2.61. The van der Waals surface area contributed by atoms with Crippen molar-refractivity contribution >= 4 is 0 Å². The third-order valence-corrected chi connectivity index (χ3v) is 4.46. The molecule has 6 N–H and O–H groups in total. The first-order valence-corrected chi connectivity index (χ1v) is 8.67. The van der Waals surface area contributed by atoms with Gasteiger partial charge in [-0.25, -0.2) is 0 Å². The third kappa shape index (κ3) is 5.22. The van der Waals surface area contributed by atoms with Gasteiger partial charge in [-0.3, -0.25) is 0 Å². The van der Waals surface area contributed by atoms with Crippen LogP contribution in [0, 0.1) is 0 Å². The van der Waals surface area contributed by atoms with Gasteiger partial charge in [-0.1, -0.05) is 0 Å². The van der Waals surface area contributed by atoms with E-state index in [0.29, 0.717) is 18.4 Å². The van der Waals surface area contributed by atoms with Gasteiger partial charge < -0.3 is 44.8 Å². The van der Waals surface area contributed by atoms with Crippen molar-refractivity contribution in [1.82, 2.24) is 0 Å².